The van der Waals surface area contributed by atoms with Crippen LogP contribution in [0, 0.1) is 5.92 Å². The molecule has 1 amide bonds. The maximum absolute atomic E-state index is 13.0. The van der Waals surface area contributed by atoms with Gasteiger partial charge in [-0.15, -0.1) is 0 Å². The highest BCUT2D eigenvalue weighted by atomic mass is 79.9. The first-order valence-electron chi connectivity index (χ1n) is 11.0. The van der Waals surface area contributed by atoms with Gasteiger partial charge < -0.3 is 15.0 Å². The molecule has 28 heavy (non-hydrogen) atoms. The molecule has 2 heterocycles. The lowest BCUT2D eigenvalue weighted by atomic mass is 9.97. The summed E-state index contributed by atoms with van der Waals surface area (Å²) >= 11 is 3.55. The molecule has 1 aromatic carbocycles. The van der Waals surface area contributed by atoms with E-state index in [9.17, 15) is 4.79 Å². The summed E-state index contributed by atoms with van der Waals surface area (Å²) in [7, 11) is 0. The van der Waals surface area contributed by atoms with Gasteiger partial charge in [-0.2, -0.15) is 0 Å². The second-order valence-corrected chi connectivity index (χ2v) is 9.31. The van der Waals surface area contributed by atoms with E-state index in [1.807, 2.05) is 0 Å². The highest BCUT2D eigenvalue weighted by molar-refractivity contribution is 9.10. The van der Waals surface area contributed by atoms with Gasteiger partial charge in [-0.05, 0) is 61.8 Å². The number of fused-ring (bicyclic) bond motifs is 1. The molecule has 1 aromatic rings. The zero-order valence-electron chi connectivity index (χ0n) is 17.4. The van der Waals surface area contributed by atoms with Crippen LogP contribution in [0.3, 0.4) is 0 Å². The largest absolute Gasteiger partial charge is 0.381 e. The van der Waals surface area contributed by atoms with Crippen LogP contribution in [0.2, 0.25) is 0 Å². The average molecular weight is 451 g/mol. The van der Waals surface area contributed by atoms with Crippen LogP contribution in [0.25, 0.3) is 0 Å². The smallest absolute Gasteiger partial charge is 0.226 e. The van der Waals surface area contributed by atoms with E-state index >= 15 is 0 Å². The van der Waals surface area contributed by atoms with E-state index in [1.165, 1.54) is 17.5 Å². The lowest BCUT2D eigenvalue weighted by Crippen LogP contribution is -2.42. The summed E-state index contributed by atoms with van der Waals surface area (Å²) in [4.78, 5) is 15.1. The molecule has 4 nitrogen and oxygen atoms in total. The molecule has 1 saturated carbocycles. The van der Waals surface area contributed by atoms with Crippen molar-refractivity contribution in [1.82, 2.24) is 10.2 Å². The number of ether oxygens (including phenoxy) is 1. The van der Waals surface area contributed by atoms with E-state index in [0.717, 1.165) is 69.3 Å². The Balaban J connectivity index is 0.000000706. The zero-order valence-corrected chi connectivity index (χ0v) is 19.0. The van der Waals surface area contributed by atoms with Crippen molar-refractivity contribution in [2.24, 2.45) is 5.92 Å². The monoisotopic (exact) mass is 450 g/mol. The molecule has 156 valence electrons. The Bertz CT molecular complexity index is 645. The van der Waals surface area contributed by atoms with Gasteiger partial charge in [0.05, 0.1) is 0 Å². The van der Waals surface area contributed by atoms with E-state index < -0.39 is 0 Å². The van der Waals surface area contributed by atoms with Crippen molar-refractivity contribution < 1.29 is 9.53 Å². The highest BCUT2D eigenvalue weighted by Gasteiger charge is 2.34. The number of benzene rings is 1. The first-order valence-corrected chi connectivity index (χ1v) is 11.8. The molecule has 0 bridgehead atoms. The Morgan fingerprint density at radius 3 is 2.64 bits per heavy atom. The molecule has 1 saturated heterocycles. The molecule has 5 heteroatoms. The van der Waals surface area contributed by atoms with Crippen molar-refractivity contribution in [2.45, 2.75) is 77.4 Å². The van der Waals surface area contributed by atoms with E-state index in [-0.39, 0.29) is 5.92 Å². The fraction of sp³-hybridized carbons (Fsp3) is 0.696. The maximum atomic E-state index is 13.0. The van der Waals surface area contributed by atoms with Gasteiger partial charge in [-0.25, -0.2) is 0 Å². The number of amides is 1. The number of nitrogens with zero attached hydrogens (tertiary/aromatic N) is 1. The number of carbonyl (C=O) groups is 1. The Morgan fingerprint density at radius 2 is 1.89 bits per heavy atom. The Hall–Kier alpha value is -0.910. The summed E-state index contributed by atoms with van der Waals surface area (Å²) in [6.45, 7) is 7.62. The van der Waals surface area contributed by atoms with Crippen LogP contribution >= 0.6 is 15.9 Å². The van der Waals surface area contributed by atoms with Crippen molar-refractivity contribution in [2.75, 3.05) is 19.8 Å². The van der Waals surface area contributed by atoms with Crippen LogP contribution in [0.15, 0.2) is 22.7 Å². The molecule has 1 aliphatic carbocycles. The molecule has 0 aromatic heterocycles. The third-order valence-electron chi connectivity index (χ3n) is 5.97. The van der Waals surface area contributed by atoms with Crippen LogP contribution in [0.1, 0.15) is 63.5 Å². The third kappa shape index (κ3) is 5.80. The maximum Gasteiger partial charge on any atom is 0.226 e. The highest BCUT2D eigenvalue weighted by Crippen LogP contribution is 2.31. The summed E-state index contributed by atoms with van der Waals surface area (Å²) in [5.41, 5.74) is 2.68. The minimum atomic E-state index is 0.200. The van der Waals surface area contributed by atoms with Crippen molar-refractivity contribution >= 4 is 21.8 Å². The number of halogens is 1. The summed E-state index contributed by atoms with van der Waals surface area (Å²) in [5, 5.41) is 3.77. The number of rotatable bonds is 3. The molecule has 0 radical (unpaired) electrons. The Kier molecular flexibility index (Phi) is 8.36. The third-order valence-corrected chi connectivity index (χ3v) is 6.46. The summed E-state index contributed by atoms with van der Waals surface area (Å²) in [6, 6.07) is 7.53. The van der Waals surface area contributed by atoms with Gasteiger partial charge in [0.1, 0.15) is 0 Å². The lowest BCUT2D eigenvalue weighted by Gasteiger charge is -2.31. The fourth-order valence-corrected chi connectivity index (χ4v) is 4.94. The first kappa shape index (κ1) is 21.8. The predicted molar refractivity (Wildman–Crippen MR) is 117 cm³/mol. The van der Waals surface area contributed by atoms with Gasteiger partial charge in [-0.1, -0.05) is 42.3 Å². The van der Waals surface area contributed by atoms with Crippen molar-refractivity contribution in [1.29, 1.82) is 0 Å². The van der Waals surface area contributed by atoms with E-state index in [0.29, 0.717) is 18.0 Å². The number of hydrogen-bond acceptors (Lipinski definition) is 3. The van der Waals surface area contributed by atoms with Crippen LogP contribution in [-0.4, -0.2) is 42.6 Å². The predicted octanol–water partition coefficient (Wildman–Crippen LogP) is 4.69. The van der Waals surface area contributed by atoms with Crippen molar-refractivity contribution in [3.8, 4) is 0 Å². The molecule has 1 unspecified atom stereocenters. The quantitative estimate of drug-likeness (QED) is 0.725. The normalized spacial score (nSPS) is 25.0. The van der Waals surface area contributed by atoms with Gasteiger partial charge in [0, 0.05) is 48.8 Å². The molecule has 2 aliphatic heterocycles. The Morgan fingerprint density at radius 1 is 1.14 bits per heavy atom. The number of nitrogens with one attached hydrogen (secondary N) is 1. The zero-order chi connectivity index (χ0) is 19.9. The van der Waals surface area contributed by atoms with E-state index in [4.69, 9.17) is 4.74 Å². The van der Waals surface area contributed by atoms with E-state index in [1.54, 1.807) is 0 Å². The summed E-state index contributed by atoms with van der Waals surface area (Å²) in [5.74, 6) is 0.563. The minimum absolute atomic E-state index is 0.200. The van der Waals surface area contributed by atoms with Crippen molar-refractivity contribution in [3.63, 3.8) is 0 Å². The molecule has 4 rings (SSSR count). The fourth-order valence-electron chi connectivity index (χ4n) is 4.53. The van der Waals surface area contributed by atoms with Crippen LogP contribution in [0.4, 0.5) is 0 Å². The summed E-state index contributed by atoms with van der Waals surface area (Å²) < 4.78 is 6.54. The average Bonchev–Trinajstić information content (AvgIpc) is 3.16. The second-order valence-electron chi connectivity index (χ2n) is 8.39. The van der Waals surface area contributed by atoms with E-state index in [2.05, 4.69) is 58.2 Å². The molecule has 0 spiro atoms. The van der Waals surface area contributed by atoms with Gasteiger partial charge in [0.15, 0.2) is 0 Å². The molecule has 2 atom stereocenters. The van der Waals surface area contributed by atoms with Crippen LogP contribution in [0.5, 0.6) is 0 Å². The standard InChI is InChI=1S/C20H27BrN2O2.C3H8/c21-17-3-1-14-5-8-23(13-16(14)11-17)20(24)15-2-4-19(12-15)22-18-6-9-25-10-7-18;1-3-2/h1,3,11,15,18-19,22H,2,4-10,12-13H2;3H2,1-2H3/t15-,19?;/m0./s1. The minimum Gasteiger partial charge on any atom is -0.381 e. The molecule has 3 aliphatic rings. The number of hydrogen-bond donors (Lipinski definition) is 1. The van der Waals surface area contributed by atoms with Gasteiger partial charge in [0.25, 0.3) is 0 Å². The molecular formula is C23H35BrN2O2. The van der Waals surface area contributed by atoms with Crippen LogP contribution < -0.4 is 5.32 Å². The van der Waals surface area contributed by atoms with Crippen LogP contribution in [-0.2, 0) is 22.5 Å². The Labute approximate surface area is 178 Å². The van der Waals surface area contributed by atoms with Crippen molar-refractivity contribution in [3.05, 3.63) is 33.8 Å². The molecule has 2 fully saturated rings. The van der Waals surface area contributed by atoms with Gasteiger partial charge in [0.2, 0.25) is 5.91 Å². The number of carbonyl (C=O) groups excluding carboxylic acids is 1. The van der Waals surface area contributed by atoms with Gasteiger partial charge >= 0.3 is 0 Å². The van der Waals surface area contributed by atoms with Gasteiger partial charge in [-0.3, -0.25) is 4.79 Å². The SMILES string of the molecule is CCC.O=C([C@H]1CCC(NC2CCOCC2)C1)N1CCc2ccc(Br)cc2C1. The molecule has 1 N–H and O–H groups in total. The first-order chi connectivity index (χ1) is 13.6. The second kappa shape index (κ2) is 10.7. The molecular weight excluding hydrogens is 416 g/mol. The summed E-state index contributed by atoms with van der Waals surface area (Å²) in [6.07, 6.45) is 7.59. The lowest BCUT2D eigenvalue weighted by molar-refractivity contribution is -0.136. The topological polar surface area (TPSA) is 41.6 Å².